The van der Waals surface area contributed by atoms with Crippen molar-refractivity contribution in [2.45, 2.75) is 44.0 Å². The summed E-state index contributed by atoms with van der Waals surface area (Å²) in [6, 6.07) is 0. The minimum Gasteiger partial charge on any atom is -0.465 e. The molecule has 2 heterocycles. The fourth-order valence-corrected chi connectivity index (χ4v) is 2.98. The number of hydrogen-bond donors (Lipinski definition) is 0. The van der Waals surface area contributed by atoms with Gasteiger partial charge in [-0.3, -0.25) is 9.59 Å². The third-order valence-corrected chi connectivity index (χ3v) is 4.72. The van der Waals surface area contributed by atoms with Crippen LogP contribution >= 0.6 is 0 Å². The van der Waals surface area contributed by atoms with Gasteiger partial charge in [-0.25, -0.2) is 0 Å². The summed E-state index contributed by atoms with van der Waals surface area (Å²) in [4.78, 5) is 24.5. The molecule has 0 aromatic rings. The molecule has 4 aliphatic rings. The third kappa shape index (κ3) is 3.21. The Morgan fingerprint density at radius 1 is 0.952 bits per heavy atom. The number of carbonyl (C=O) groups excluding carboxylic acids is 2. The molecule has 116 valence electrons. The maximum Gasteiger partial charge on any atom is 0.310 e. The van der Waals surface area contributed by atoms with E-state index in [-0.39, 0.29) is 36.9 Å². The maximum absolute atomic E-state index is 12.2. The van der Waals surface area contributed by atoms with Crippen LogP contribution in [0.1, 0.15) is 25.7 Å². The number of epoxide rings is 2. The molecule has 5 atom stereocenters. The quantitative estimate of drug-likeness (QED) is 0.530. The van der Waals surface area contributed by atoms with Gasteiger partial charge in [0.05, 0.1) is 37.3 Å². The first-order chi connectivity index (χ1) is 10.2. The van der Waals surface area contributed by atoms with E-state index in [2.05, 4.69) is 0 Å². The monoisotopic (exact) mass is 296 g/mol. The SMILES string of the molecule is O=C(OCC1CC1)C1CC2OC2CC1C(=O)OCC1CO1. The van der Waals surface area contributed by atoms with Crippen LogP contribution in [0.25, 0.3) is 0 Å². The molecule has 5 unspecified atom stereocenters. The predicted molar refractivity (Wildman–Crippen MR) is 69.3 cm³/mol. The van der Waals surface area contributed by atoms with Crippen molar-refractivity contribution in [3.63, 3.8) is 0 Å². The molecule has 0 radical (unpaired) electrons. The number of ether oxygens (including phenoxy) is 4. The maximum atomic E-state index is 12.2. The molecule has 0 aromatic heterocycles. The lowest BCUT2D eigenvalue weighted by Gasteiger charge is -2.26. The van der Waals surface area contributed by atoms with Gasteiger partial charge < -0.3 is 18.9 Å². The predicted octanol–water partition coefficient (Wildman–Crippen LogP) is 0.675. The van der Waals surface area contributed by atoms with E-state index in [1.807, 2.05) is 0 Å². The van der Waals surface area contributed by atoms with Gasteiger partial charge in [0.25, 0.3) is 0 Å². The van der Waals surface area contributed by atoms with E-state index in [1.165, 1.54) is 0 Å². The van der Waals surface area contributed by atoms with Gasteiger partial charge in [0.2, 0.25) is 0 Å². The van der Waals surface area contributed by atoms with Crippen LogP contribution in [0.4, 0.5) is 0 Å². The topological polar surface area (TPSA) is 77.7 Å². The van der Waals surface area contributed by atoms with E-state index >= 15 is 0 Å². The Hall–Kier alpha value is -1.14. The summed E-state index contributed by atoms with van der Waals surface area (Å²) in [5.74, 6) is -0.896. The zero-order valence-corrected chi connectivity index (χ0v) is 11.9. The zero-order valence-electron chi connectivity index (χ0n) is 11.9. The molecule has 0 aromatic carbocycles. The lowest BCUT2D eigenvalue weighted by atomic mass is 9.79. The zero-order chi connectivity index (χ0) is 14.4. The highest BCUT2D eigenvalue weighted by Gasteiger charge is 2.53. The van der Waals surface area contributed by atoms with Gasteiger partial charge in [0.15, 0.2) is 0 Å². The highest BCUT2D eigenvalue weighted by Crippen LogP contribution is 2.44. The van der Waals surface area contributed by atoms with Crippen molar-refractivity contribution in [1.29, 1.82) is 0 Å². The van der Waals surface area contributed by atoms with Crippen molar-refractivity contribution in [2.75, 3.05) is 19.8 Å². The second-order valence-electron chi connectivity index (χ2n) is 6.56. The summed E-state index contributed by atoms with van der Waals surface area (Å²) < 4.78 is 21.1. The largest absolute Gasteiger partial charge is 0.465 e. The summed E-state index contributed by atoms with van der Waals surface area (Å²) >= 11 is 0. The van der Waals surface area contributed by atoms with E-state index in [0.29, 0.717) is 32.0 Å². The van der Waals surface area contributed by atoms with Crippen LogP contribution in [-0.4, -0.2) is 50.1 Å². The Labute approximate surface area is 123 Å². The normalized spacial score (nSPS) is 40.1. The number of hydrogen-bond acceptors (Lipinski definition) is 6. The second kappa shape index (κ2) is 5.25. The summed E-state index contributed by atoms with van der Waals surface area (Å²) in [6.07, 6.45) is 3.71. The second-order valence-corrected chi connectivity index (χ2v) is 6.56. The van der Waals surface area contributed by atoms with Gasteiger partial charge in [-0.1, -0.05) is 0 Å². The van der Waals surface area contributed by atoms with Gasteiger partial charge in [0.1, 0.15) is 12.7 Å². The van der Waals surface area contributed by atoms with Gasteiger partial charge in [0, 0.05) is 0 Å². The summed E-state index contributed by atoms with van der Waals surface area (Å²) in [5, 5.41) is 0. The number of carbonyl (C=O) groups is 2. The van der Waals surface area contributed by atoms with E-state index in [9.17, 15) is 9.59 Å². The highest BCUT2D eigenvalue weighted by molar-refractivity contribution is 5.82. The Kier molecular flexibility index (Phi) is 3.38. The van der Waals surface area contributed by atoms with Crippen molar-refractivity contribution < 1.29 is 28.5 Å². The first-order valence-electron chi connectivity index (χ1n) is 7.81. The van der Waals surface area contributed by atoms with Crippen LogP contribution in [0.3, 0.4) is 0 Å². The molecule has 6 nitrogen and oxygen atoms in total. The summed E-state index contributed by atoms with van der Waals surface area (Å²) in [5.41, 5.74) is 0. The molecule has 6 heteroatoms. The molecule has 21 heavy (non-hydrogen) atoms. The molecule has 2 saturated carbocycles. The standard InChI is InChI=1S/C15H20O6/c16-14(19-5-8-1-2-8)10-3-12-13(21-12)4-11(10)15(17)20-7-9-6-18-9/h8-13H,1-7H2. The lowest BCUT2D eigenvalue weighted by molar-refractivity contribution is -0.162. The highest BCUT2D eigenvalue weighted by atomic mass is 16.6. The van der Waals surface area contributed by atoms with Crippen LogP contribution in [0, 0.1) is 17.8 Å². The Balaban J connectivity index is 1.35. The fraction of sp³-hybridized carbons (Fsp3) is 0.867. The molecule has 2 aliphatic carbocycles. The Morgan fingerprint density at radius 3 is 2.05 bits per heavy atom. The molecule has 0 bridgehead atoms. The minimum absolute atomic E-state index is 0.0442. The van der Waals surface area contributed by atoms with E-state index in [4.69, 9.17) is 18.9 Å². The molecule has 0 spiro atoms. The van der Waals surface area contributed by atoms with Gasteiger partial charge >= 0.3 is 11.9 Å². The molecule has 4 fully saturated rings. The molecule has 0 amide bonds. The van der Waals surface area contributed by atoms with Gasteiger partial charge in [-0.05, 0) is 31.6 Å². The van der Waals surface area contributed by atoms with E-state index in [1.54, 1.807) is 0 Å². The van der Waals surface area contributed by atoms with Crippen molar-refractivity contribution >= 4 is 11.9 Å². The van der Waals surface area contributed by atoms with Crippen LogP contribution in [0.15, 0.2) is 0 Å². The first-order valence-corrected chi connectivity index (χ1v) is 7.81. The summed E-state index contributed by atoms with van der Waals surface area (Å²) in [6.45, 7) is 1.43. The van der Waals surface area contributed by atoms with Crippen LogP contribution in [0.2, 0.25) is 0 Å². The van der Waals surface area contributed by atoms with Crippen LogP contribution < -0.4 is 0 Å². The van der Waals surface area contributed by atoms with Crippen molar-refractivity contribution in [2.24, 2.45) is 17.8 Å². The molecule has 2 saturated heterocycles. The number of fused-ring (bicyclic) bond motifs is 1. The van der Waals surface area contributed by atoms with Gasteiger partial charge in [-0.2, -0.15) is 0 Å². The average Bonchev–Trinajstić information content (AvgIpc) is 3.37. The smallest absolute Gasteiger partial charge is 0.310 e. The molecule has 4 rings (SSSR count). The van der Waals surface area contributed by atoms with Crippen molar-refractivity contribution in [1.82, 2.24) is 0 Å². The number of esters is 2. The molecule has 0 N–H and O–H groups in total. The molecule has 2 aliphatic heterocycles. The third-order valence-electron chi connectivity index (χ3n) is 4.72. The average molecular weight is 296 g/mol. The molecular formula is C15H20O6. The van der Waals surface area contributed by atoms with Gasteiger partial charge in [-0.15, -0.1) is 0 Å². The number of rotatable bonds is 6. The van der Waals surface area contributed by atoms with Crippen molar-refractivity contribution in [3.8, 4) is 0 Å². The Bertz CT molecular complexity index is 401. The van der Waals surface area contributed by atoms with Crippen LogP contribution in [0.5, 0.6) is 0 Å². The fourth-order valence-electron chi connectivity index (χ4n) is 2.98. The first kappa shape index (κ1) is 13.5. The van der Waals surface area contributed by atoms with E-state index in [0.717, 1.165) is 12.8 Å². The summed E-state index contributed by atoms with van der Waals surface area (Å²) in [7, 11) is 0. The van der Waals surface area contributed by atoms with Crippen molar-refractivity contribution in [3.05, 3.63) is 0 Å². The Morgan fingerprint density at radius 2 is 1.52 bits per heavy atom. The van der Waals surface area contributed by atoms with Crippen LogP contribution in [-0.2, 0) is 28.5 Å². The lowest BCUT2D eigenvalue weighted by Crippen LogP contribution is -2.38. The van der Waals surface area contributed by atoms with E-state index < -0.39 is 11.8 Å². The molecular weight excluding hydrogens is 276 g/mol. The minimum atomic E-state index is -0.431.